The summed E-state index contributed by atoms with van der Waals surface area (Å²) in [6, 6.07) is 18.4. The van der Waals surface area contributed by atoms with Crippen LogP contribution in [0.15, 0.2) is 72.3 Å². The summed E-state index contributed by atoms with van der Waals surface area (Å²) in [6.07, 6.45) is 1.59. The first-order valence-electron chi connectivity index (χ1n) is 9.07. The number of nitrogens with zero attached hydrogens (tertiary/aromatic N) is 2. The monoisotopic (exact) mass is 435 g/mol. The molecule has 0 aliphatic rings. The molecule has 0 bridgehead atoms. The van der Waals surface area contributed by atoms with Crippen molar-refractivity contribution in [2.75, 3.05) is 5.32 Å². The number of benzene rings is 3. The fraction of sp³-hybridized carbons (Fsp3) is 0.0435. The van der Waals surface area contributed by atoms with Crippen LogP contribution in [0.25, 0.3) is 6.08 Å². The Morgan fingerprint density at radius 3 is 2.61 bits per heavy atom. The quantitative estimate of drug-likeness (QED) is 0.238. The second-order valence-corrected chi connectivity index (χ2v) is 6.98. The number of nitro groups is 1. The molecule has 0 unspecified atom stereocenters. The van der Waals surface area contributed by atoms with Gasteiger partial charge in [0.25, 0.3) is 11.6 Å². The van der Waals surface area contributed by atoms with E-state index in [-0.39, 0.29) is 29.2 Å². The van der Waals surface area contributed by atoms with E-state index < -0.39 is 10.8 Å². The smallest absolute Gasteiger partial charge is 0.271 e. The van der Waals surface area contributed by atoms with E-state index in [0.29, 0.717) is 21.7 Å². The number of anilines is 1. The molecule has 0 aliphatic carbocycles. The number of carbonyl (C=O) groups excluding carboxylic acids is 1. The number of carbonyl (C=O) groups is 1. The molecule has 154 valence electrons. The molecule has 1 N–H and O–H groups in total. The van der Waals surface area contributed by atoms with Gasteiger partial charge in [-0.15, -0.1) is 0 Å². The van der Waals surface area contributed by atoms with Crippen LogP contribution < -0.4 is 5.32 Å². The molecule has 0 fully saturated rings. The second-order valence-electron chi connectivity index (χ2n) is 6.54. The first-order chi connectivity index (χ1) is 14.9. The van der Waals surface area contributed by atoms with Crippen molar-refractivity contribution >= 4 is 35.0 Å². The molecule has 0 heterocycles. The lowest BCUT2D eigenvalue weighted by Crippen LogP contribution is -2.13. The molecule has 3 aromatic rings. The van der Waals surface area contributed by atoms with Crippen molar-refractivity contribution < 1.29 is 14.1 Å². The lowest BCUT2D eigenvalue weighted by molar-refractivity contribution is -0.384. The topological polar surface area (TPSA) is 96.0 Å². The highest BCUT2D eigenvalue weighted by Crippen LogP contribution is 2.24. The normalized spacial score (nSPS) is 10.9. The number of hydrogen-bond acceptors (Lipinski definition) is 4. The molecule has 0 atom stereocenters. The molecule has 1 amide bonds. The SMILES string of the molecule is N#C/C(=C\c1cc(Cl)ccc1Cc1ccccc1F)C(=O)Nc1cccc([N+](=O)[O-])c1. The minimum absolute atomic E-state index is 0.179. The number of halogens is 2. The van der Waals surface area contributed by atoms with E-state index in [4.69, 9.17) is 11.6 Å². The number of nitriles is 1. The Labute approximate surface area is 182 Å². The zero-order chi connectivity index (χ0) is 22.4. The van der Waals surface area contributed by atoms with Gasteiger partial charge in [-0.3, -0.25) is 14.9 Å². The fourth-order valence-electron chi connectivity index (χ4n) is 2.91. The van der Waals surface area contributed by atoms with Gasteiger partial charge < -0.3 is 5.32 Å². The maximum Gasteiger partial charge on any atom is 0.271 e. The number of amides is 1. The molecular weight excluding hydrogens is 421 g/mol. The van der Waals surface area contributed by atoms with E-state index in [1.807, 2.05) is 6.07 Å². The summed E-state index contributed by atoms with van der Waals surface area (Å²) in [4.78, 5) is 22.9. The van der Waals surface area contributed by atoms with E-state index in [1.165, 1.54) is 36.4 Å². The van der Waals surface area contributed by atoms with E-state index in [2.05, 4.69) is 5.32 Å². The minimum atomic E-state index is -0.736. The van der Waals surface area contributed by atoms with Crippen LogP contribution in [-0.4, -0.2) is 10.8 Å². The maximum atomic E-state index is 14.1. The summed E-state index contributed by atoms with van der Waals surface area (Å²) in [5, 5.41) is 23.3. The highest BCUT2D eigenvalue weighted by atomic mass is 35.5. The van der Waals surface area contributed by atoms with Crippen LogP contribution >= 0.6 is 11.6 Å². The number of non-ortho nitro benzene ring substituents is 1. The van der Waals surface area contributed by atoms with Crippen LogP contribution in [0.4, 0.5) is 15.8 Å². The number of rotatable bonds is 6. The van der Waals surface area contributed by atoms with Gasteiger partial charge in [-0.25, -0.2) is 4.39 Å². The molecule has 3 aromatic carbocycles. The van der Waals surface area contributed by atoms with Gasteiger partial charge in [-0.05, 0) is 47.0 Å². The van der Waals surface area contributed by atoms with Crippen molar-refractivity contribution in [1.29, 1.82) is 5.26 Å². The molecule has 0 aromatic heterocycles. The molecule has 0 aliphatic heterocycles. The Bertz CT molecular complexity index is 1230. The van der Waals surface area contributed by atoms with Crippen molar-refractivity contribution in [3.05, 3.63) is 110 Å². The van der Waals surface area contributed by atoms with E-state index in [1.54, 1.807) is 36.4 Å². The molecule has 0 radical (unpaired) electrons. The minimum Gasteiger partial charge on any atom is -0.321 e. The Kier molecular flexibility index (Phi) is 6.75. The van der Waals surface area contributed by atoms with Gasteiger partial charge in [-0.1, -0.05) is 41.9 Å². The lowest BCUT2D eigenvalue weighted by atomic mass is 9.98. The zero-order valence-electron chi connectivity index (χ0n) is 16.0. The van der Waals surface area contributed by atoms with Gasteiger partial charge in [0.05, 0.1) is 4.92 Å². The van der Waals surface area contributed by atoms with Crippen molar-refractivity contribution in [1.82, 2.24) is 0 Å². The Morgan fingerprint density at radius 2 is 1.90 bits per heavy atom. The third kappa shape index (κ3) is 5.53. The molecule has 6 nitrogen and oxygen atoms in total. The highest BCUT2D eigenvalue weighted by molar-refractivity contribution is 6.30. The van der Waals surface area contributed by atoms with Crippen LogP contribution in [-0.2, 0) is 11.2 Å². The van der Waals surface area contributed by atoms with E-state index >= 15 is 0 Å². The van der Waals surface area contributed by atoms with E-state index in [9.17, 15) is 24.6 Å². The molecule has 0 saturated carbocycles. The average molecular weight is 436 g/mol. The third-order valence-electron chi connectivity index (χ3n) is 4.43. The number of nitrogens with one attached hydrogen (secondary N) is 1. The van der Waals surface area contributed by atoms with E-state index in [0.717, 1.165) is 0 Å². The predicted molar refractivity (Wildman–Crippen MR) is 116 cm³/mol. The molecule has 8 heteroatoms. The van der Waals surface area contributed by atoms with Crippen LogP contribution in [0.1, 0.15) is 16.7 Å². The van der Waals surface area contributed by atoms with Gasteiger partial charge in [-0.2, -0.15) is 5.26 Å². The number of nitro benzene ring substituents is 1. The van der Waals surface area contributed by atoms with Crippen molar-refractivity contribution in [2.24, 2.45) is 0 Å². The van der Waals surface area contributed by atoms with Crippen LogP contribution in [0.2, 0.25) is 5.02 Å². The maximum absolute atomic E-state index is 14.1. The third-order valence-corrected chi connectivity index (χ3v) is 4.66. The highest BCUT2D eigenvalue weighted by Gasteiger charge is 2.14. The molecule has 31 heavy (non-hydrogen) atoms. The van der Waals surface area contributed by atoms with Crippen molar-refractivity contribution in [2.45, 2.75) is 6.42 Å². The predicted octanol–water partition coefficient (Wildman–Crippen LogP) is 5.52. The first kappa shape index (κ1) is 21.7. The van der Waals surface area contributed by atoms with Gasteiger partial charge in [0.15, 0.2) is 0 Å². The van der Waals surface area contributed by atoms with Gasteiger partial charge in [0, 0.05) is 29.3 Å². The summed E-state index contributed by atoms with van der Waals surface area (Å²) >= 11 is 6.08. The van der Waals surface area contributed by atoms with Crippen LogP contribution in [0.3, 0.4) is 0 Å². The molecule has 0 spiro atoms. The van der Waals surface area contributed by atoms with Gasteiger partial charge in [0.1, 0.15) is 17.5 Å². The summed E-state index contributed by atoms with van der Waals surface area (Å²) < 4.78 is 14.1. The van der Waals surface area contributed by atoms with Crippen molar-refractivity contribution in [3.63, 3.8) is 0 Å². The van der Waals surface area contributed by atoms with Crippen LogP contribution in [0.5, 0.6) is 0 Å². The summed E-state index contributed by atoms with van der Waals surface area (Å²) in [5.74, 6) is -1.10. The standard InChI is InChI=1S/C23H15ClFN3O3/c24-19-9-8-15(10-16-4-1-2-7-22(16)25)17(12-19)11-18(14-26)23(29)27-20-5-3-6-21(13-20)28(30)31/h1-9,11-13H,10H2,(H,27,29)/b18-11+. The first-order valence-corrected chi connectivity index (χ1v) is 9.44. The summed E-state index contributed by atoms with van der Waals surface area (Å²) in [5.41, 5.74) is 1.37. The molecular formula is C23H15ClFN3O3. The van der Waals surface area contributed by atoms with Crippen molar-refractivity contribution in [3.8, 4) is 6.07 Å². The Morgan fingerprint density at radius 1 is 1.13 bits per heavy atom. The van der Waals surface area contributed by atoms with Gasteiger partial charge >= 0.3 is 0 Å². The Balaban J connectivity index is 1.91. The largest absolute Gasteiger partial charge is 0.321 e. The fourth-order valence-corrected chi connectivity index (χ4v) is 3.09. The second kappa shape index (κ2) is 9.65. The summed E-state index contributed by atoms with van der Waals surface area (Å²) in [7, 11) is 0. The van der Waals surface area contributed by atoms with Gasteiger partial charge in [0.2, 0.25) is 0 Å². The van der Waals surface area contributed by atoms with Crippen LogP contribution in [0, 0.1) is 27.3 Å². The summed E-state index contributed by atoms with van der Waals surface area (Å²) in [6.45, 7) is 0. The zero-order valence-corrected chi connectivity index (χ0v) is 16.8. The lowest BCUT2D eigenvalue weighted by Gasteiger charge is -2.09. The molecule has 0 saturated heterocycles. The number of hydrogen-bond donors (Lipinski definition) is 1. The Hall–Kier alpha value is -4.02. The molecule has 3 rings (SSSR count). The average Bonchev–Trinajstić information content (AvgIpc) is 2.75.